The Morgan fingerprint density at radius 3 is 2.38 bits per heavy atom. The fraction of sp³-hybridized carbons (Fsp3) is 0.0526. The largest absolute Gasteiger partial charge is 0.0969 e. The Morgan fingerprint density at radius 2 is 1.62 bits per heavy atom. The van der Waals surface area contributed by atoms with E-state index in [9.17, 15) is 0 Å². The first-order chi connectivity index (χ1) is 10.2. The standard InChI is InChI=1S/C19H15BrS/c1-14-6-10-18(11-7-14)21-13-19(20)17-9-8-15-4-2-3-5-16(15)12-17/h2-13H,1H3/b19-13+. The predicted octanol–water partition coefficient (Wildman–Crippen LogP) is 6.63. The van der Waals surface area contributed by atoms with Gasteiger partial charge in [-0.2, -0.15) is 0 Å². The molecule has 0 fully saturated rings. The molecule has 0 unspecified atom stereocenters. The van der Waals surface area contributed by atoms with Crippen molar-refractivity contribution in [1.29, 1.82) is 0 Å². The third-order valence-corrected chi connectivity index (χ3v) is 5.23. The van der Waals surface area contributed by atoms with Crippen LogP contribution in [0.2, 0.25) is 0 Å². The Morgan fingerprint density at radius 1 is 0.905 bits per heavy atom. The van der Waals surface area contributed by atoms with Gasteiger partial charge in [-0.3, -0.25) is 0 Å². The lowest BCUT2D eigenvalue weighted by atomic mass is 10.1. The first-order valence-corrected chi connectivity index (χ1v) is 8.48. The molecule has 3 aromatic carbocycles. The van der Waals surface area contributed by atoms with E-state index in [1.165, 1.54) is 26.8 Å². The Labute approximate surface area is 138 Å². The molecule has 0 atom stereocenters. The third kappa shape index (κ3) is 3.58. The van der Waals surface area contributed by atoms with Crippen molar-refractivity contribution in [2.45, 2.75) is 11.8 Å². The van der Waals surface area contributed by atoms with Crippen molar-refractivity contribution < 1.29 is 0 Å². The van der Waals surface area contributed by atoms with Crippen LogP contribution in [0.5, 0.6) is 0 Å². The lowest BCUT2D eigenvalue weighted by Gasteiger charge is -2.03. The molecule has 0 heterocycles. The average Bonchev–Trinajstić information content (AvgIpc) is 2.53. The molecule has 0 aliphatic rings. The molecule has 0 aliphatic heterocycles. The van der Waals surface area contributed by atoms with Gasteiger partial charge in [-0.25, -0.2) is 0 Å². The number of hydrogen-bond acceptors (Lipinski definition) is 1. The molecule has 0 N–H and O–H groups in total. The molecular weight excluding hydrogens is 340 g/mol. The first-order valence-electron chi connectivity index (χ1n) is 6.80. The van der Waals surface area contributed by atoms with Gasteiger partial charge in [0, 0.05) is 9.38 Å². The molecule has 0 aliphatic carbocycles. The molecule has 0 radical (unpaired) electrons. The van der Waals surface area contributed by atoms with E-state index in [4.69, 9.17) is 0 Å². The van der Waals surface area contributed by atoms with E-state index in [1.807, 2.05) is 0 Å². The Bertz CT molecular complexity index is 788. The quantitative estimate of drug-likeness (QED) is 0.475. The number of benzene rings is 3. The number of halogens is 1. The lowest BCUT2D eigenvalue weighted by Crippen LogP contribution is -1.78. The van der Waals surface area contributed by atoms with Crippen molar-refractivity contribution in [2.24, 2.45) is 0 Å². The lowest BCUT2D eigenvalue weighted by molar-refractivity contribution is 1.38. The summed E-state index contributed by atoms with van der Waals surface area (Å²) >= 11 is 5.41. The second-order valence-electron chi connectivity index (χ2n) is 4.96. The van der Waals surface area contributed by atoms with Crippen LogP contribution in [0.1, 0.15) is 11.1 Å². The summed E-state index contributed by atoms with van der Waals surface area (Å²) in [6.07, 6.45) is 0. The molecule has 2 heteroatoms. The summed E-state index contributed by atoms with van der Waals surface area (Å²) in [7, 11) is 0. The van der Waals surface area contributed by atoms with Crippen molar-refractivity contribution in [1.82, 2.24) is 0 Å². The van der Waals surface area contributed by atoms with Crippen molar-refractivity contribution in [3.05, 3.63) is 83.3 Å². The second kappa shape index (κ2) is 6.50. The number of aryl methyl sites for hydroxylation is 1. The zero-order chi connectivity index (χ0) is 14.7. The average molecular weight is 355 g/mol. The topological polar surface area (TPSA) is 0 Å². The van der Waals surface area contributed by atoms with E-state index in [0.29, 0.717) is 0 Å². The van der Waals surface area contributed by atoms with Crippen molar-refractivity contribution in [3.8, 4) is 0 Å². The van der Waals surface area contributed by atoms with Crippen LogP contribution >= 0.6 is 27.7 Å². The summed E-state index contributed by atoms with van der Waals surface area (Å²) in [6.45, 7) is 2.11. The van der Waals surface area contributed by atoms with E-state index in [-0.39, 0.29) is 0 Å². The maximum absolute atomic E-state index is 3.68. The van der Waals surface area contributed by atoms with Gasteiger partial charge in [-0.15, -0.1) is 0 Å². The molecule has 0 saturated carbocycles. The summed E-state index contributed by atoms with van der Waals surface area (Å²) in [4.78, 5) is 1.25. The molecule has 21 heavy (non-hydrogen) atoms. The van der Waals surface area contributed by atoms with Crippen LogP contribution in [0.3, 0.4) is 0 Å². The van der Waals surface area contributed by atoms with Crippen LogP contribution in [0.15, 0.2) is 77.0 Å². The summed E-state index contributed by atoms with van der Waals surface area (Å²) in [6, 6.07) is 23.5. The van der Waals surface area contributed by atoms with E-state index >= 15 is 0 Å². The van der Waals surface area contributed by atoms with Gasteiger partial charge in [-0.05, 0) is 62.8 Å². The maximum Gasteiger partial charge on any atom is 0.0314 e. The van der Waals surface area contributed by atoms with Crippen LogP contribution in [0.4, 0.5) is 0 Å². The van der Waals surface area contributed by atoms with Crippen LogP contribution in [-0.2, 0) is 0 Å². The summed E-state index contributed by atoms with van der Waals surface area (Å²) in [5, 5.41) is 4.68. The molecule has 0 bridgehead atoms. The summed E-state index contributed by atoms with van der Waals surface area (Å²) in [5.41, 5.74) is 2.49. The molecule has 3 aromatic rings. The molecule has 0 nitrogen and oxygen atoms in total. The van der Waals surface area contributed by atoms with Crippen LogP contribution < -0.4 is 0 Å². The van der Waals surface area contributed by atoms with Gasteiger partial charge in [0.2, 0.25) is 0 Å². The smallest absolute Gasteiger partial charge is 0.0314 e. The molecule has 0 amide bonds. The monoisotopic (exact) mass is 354 g/mol. The van der Waals surface area contributed by atoms with Crippen molar-refractivity contribution in [3.63, 3.8) is 0 Å². The van der Waals surface area contributed by atoms with E-state index in [2.05, 4.69) is 95.0 Å². The highest BCUT2D eigenvalue weighted by Crippen LogP contribution is 2.30. The maximum atomic E-state index is 3.68. The van der Waals surface area contributed by atoms with Gasteiger partial charge in [-0.1, -0.05) is 65.9 Å². The number of rotatable bonds is 3. The van der Waals surface area contributed by atoms with Gasteiger partial charge < -0.3 is 0 Å². The Hall–Kier alpha value is -1.51. The van der Waals surface area contributed by atoms with Crippen molar-refractivity contribution >= 4 is 42.9 Å². The van der Waals surface area contributed by atoms with Gasteiger partial charge in [0.25, 0.3) is 0 Å². The highest BCUT2D eigenvalue weighted by molar-refractivity contribution is 9.15. The molecular formula is C19H15BrS. The minimum atomic E-state index is 1.11. The summed E-state index contributed by atoms with van der Waals surface area (Å²) < 4.78 is 1.11. The number of fused-ring (bicyclic) bond motifs is 1. The number of hydrogen-bond donors (Lipinski definition) is 0. The normalized spacial score (nSPS) is 11.8. The van der Waals surface area contributed by atoms with E-state index in [1.54, 1.807) is 11.8 Å². The zero-order valence-corrected chi connectivity index (χ0v) is 14.1. The van der Waals surface area contributed by atoms with Crippen LogP contribution in [0.25, 0.3) is 15.3 Å². The molecule has 3 rings (SSSR count). The third-order valence-electron chi connectivity index (χ3n) is 3.34. The van der Waals surface area contributed by atoms with Gasteiger partial charge in [0.05, 0.1) is 0 Å². The van der Waals surface area contributed by atoms with Crippen LogP contribution in [0, 0.1) is 6.92 Å². The zero-order valence-electron chi connectivity index (χ0n) is 11.7. The molecule has 0 spiro atoms. The van der Waals surface area contributed by atoms with Gasteiger partial charge in [0.1, 0.15) is 0 Å². The minimum Gasteiger partial charge on any atom is -0.0969 e. The molecule has 0 saturated heterocycles. The van der Waals surface area contributed by atoms with E-state index < -0.39 is 0 Å². The summed E-state index contributed by atoms with van der Waals surface area (Å²) in [5.74, 6) is 0. The van der Waals surface area contributed by atoms with Crippen molar-refractivity contribution in [2.75, 3.05) is 0 Å². The predicted molar refractivity (Wildman–Crippen MR) is 97.9 cm³/mol. The number of thioether (sulfide) groups is 1. The minimum absolute atomic E-state index is 1.11. The molecule has 0 aromatic heterocycles. The van der Waals surface area contributed by atoms with Gasteiger partial charge >= 0.3 is 0 Å². The molecule has 104 valence electrons. The Kier molecular flexibility index (Phi) is 4.47. The highest BCUT2D eigenvalue weighted by Gasteiger charge is 2.00. The highest BCUT2D eigenvalue weighted by atomic mass is 79.9. The van der Waals surface area contributed by atoms with Gasteiger partial charge in [0.15, 0.2) is 0 Å². The van der Waals surface area contributed by atoms with E-state index in [0.717, 1.165) is 4.48 Å². The first kappa shape index (κ1) is 14.4. The fourth-order valence-corrected chi connectivity index (χ4v) is 3.34. The fourth-order valence-electron chi connectivity index (χ4n) is 2.14. The second-order valence-corrected chi connectivity index (χ2v) is 6.76. The SMILES string of the molecule is Cc1ccc(S/C=C(/Br)c2ccc3ccccc3c2)cc1. The Balaban J connectivity index is 1.83. The van der Waals surface area contributed by atoms with Crippen LogP contribution in [-0.4, -0.2) is 0 Å².